The Bertz CT molecular complexity index is 490. The third-order valence-electron chi connectivity index (χ3n) is 2.33. The smallest absolute Gasteiger partial charge is 0.337 e. The maximum atomic E-state index is 11.6. The molecule has 8 heteroatoms. The molecule has 1 rings (SSSR count). The van der Waals surface area contributed by atoms with Crippen molar-refractivity contribution in [3.63, 3.8) is 0 Å². The number of nitrogens with one attached hydrogen (secondary N) is 1. The number of benzene rings is 1. The van der Waals surface area contributed by atoms with Crippen molar-refractivity contribution in [1.82, 2.24) is 0 Å². The number of hydrogen-bond acceptors (Lipinski definition) is 5. The molecule has 0 aliphatic heterocycles. The Hall–Kier alpha value is -2.12. The zero-order valence-corrected chi connectivity index (χ0v) is 11.6. The van der Waals surface area contributed by atoms with Crippen LogP contribution in [0.25, 0.3) is 0 Å². The maximum Gasteiger partial charge on any atom is 0.337 e. The molecule has 5 N–H and O–H groups in total. The van der Waals surface area contributed by atoms with Crippen molar-refractivity contribution in [1.29, 1.82) is 0 Å². The first-order valence-corrected chi connectivity index (χ1v) is 5.47. The van der Waals surface area contributed by atoms with Crippen LogP contribution in [0.3, 0.4) is 0 Å². The number of carbonyl (C=O) groups excluding carboxylic acids is 3. The van der Waals surface area contributed by atoms with Crippen molar-refractivity contribution in [3.8, 4) is 0 Å². The van der Waals surface area contributed by atoms with E-state index in [-0.39, 0.29) is 18.8 Å². The maximum absolute atomic E-state index is 11.6. The number of nitrogens with two attached hydrogens (primary N) is 2. The average molecular weight is 302 g/mol. The number of rotatable bonds is 5. The van der Waals surface area contributed by atoms with E-state index < -0.39 is 23.8 Å². The highest BCUT2D eigenvalue weighted by Crippen LogP contribution is 2.10. The highest BCUT2D eigenvalue weighted by molar-refractivity contribution is 5.97. The first-order valence-electron chi connectivity index (χ1n) is 5.47. The fraction of sp³-hybridized carbons (Fsp3) is 0.250. The molecule has 1 aromatic carbocycles. The summed E-state index contributed by atoms with van der Waals surface area (Å²) < 4.78 is 4.54. The number of carbonyl (C=O) groups is 3. The fourth-order valence-corrected chi connectivity index (χ4v) is 1.35. The van der Waals surface area contributed by atoms with E-state index in [2.05, 4.69) is 10.1 Å². The topological polar surface area (TPSA) is 125 Å². The third kappa shape index (κ3) is 5.25. The lowest BCUT2D eigenvalue weighted by Gasteiger charge is -2.10. The van der Waals surface area contributed by atoms with Gasteiger partial charge in [0.15, 0.2) is 0 Å². The van der Waals surface area contributed by atoms with Crippen molar-refractivity contribution in [2.75, 3.05) is 12.4 Å². The average Bonchev–Trinajstić information content (AvgIpc) is 2.37. The van der Waals surface area contributed by atoms with Crippen molar-refractivity contribution in [2.24, 2.45) is 11.5 Å². The second kappa shape index (κ2) is 8.13. The predicted molar refractivity (Wildman–Crippen MR) is 75.4 cm³/mol. The van der Waals surface area contributed by atoms with Crippen molar-refractivity contribution >= 4 is 35.9 Å². The molecule has 0 saturated heterocycles. The van der Waals surface area contributed by atoms with Crippen LogP contribution in [-0.2, 0) is 14.3 Å². The van der Waals surface area contributed by atoms with Gasteiger partial charge in [-0.25, -0.2) is 4.79 Å². The zero-order valence-electron chi connectivity index (χ0n) is 10.8. The van der Waals surface area contributed by atoms with Gasteiger partial charge in [-0.15, -0.1) is 12.4 Å². The third-order valence-corrected chi connectivity index (χ3v) is 2.33. The number of amides is 2. The molecule has 0 bridgehead atoms. The fourth-order valence-electron chi connectivity index (χ4n) is 1.35. The Morgan fingerprint density at radius 1 is 1.25 bits per heavy atom. The van der Waals surface area contributed by atoms with Crippen LogP contribution in [0.1, 0.15) is 16.8 Å². The SMILES string of the molecule is COC(=O)c1ccc(NC(=O)C(N)CC(N)=O)cc1.Cl. The van der Waals surface area contributed by atoms with E-state index in [1.807, 2.05) is 0 Å². The Kier molecular flexibility index (Phi) is 7.27. The summed E-state index contributed by atoms with van der Waals surface area (Å²) in [6.45, 7) is 0. The predicted octanol–water partition coefficient (Wildman–Crippen LogP) is 0.0362. The van der Waals surface area contributed by atoms with Gasteiger partial charge in [0.05, 0.1) is 25.1 Å². The first kappa shape index (κ1) is 17.9. The lowest BCUT2D eigenvalue weighted by molar-refractivity contribution is -0.123. The Morgan fingerprint density at radius 2 is 1.80 bits per heavy atom. The molecule has 1 atom stereocenters. The Morgan fingerprint density at radius 3 is 2.25 bits per heavy atom. The van der Waals surface area contributed by atoms with E-state index in [1.165, 1.54) is 31.4 Å². The molecule has 1 unspecified atom stereocenters. The molecule has 20 heavy (non-hydrogen) atoms. The molecule has 0 spiro atoms. The van der Waals surface area contributed by atoms with E-state index in [1.54, 1.807) is 0 Å². The van der Waals surface area contributed by atoms with Gasteiger partial charge in [0.2, 0.25) is 11.8 Å². The summed E-state index contributed by atoms with van der Waals surface area (Å²) in [7, 11) is 1.28. The van der Waals surface area contributed by atoms with Crippen LogP contribution in [0.5, 0.6) is 0 Å². The van der Waals surface area contributed by atoms with E-state index in [4.69, 9.17) is 11.5 Å². The van der Waals surface area contributed by atoms with Crippen molar-refractivity contribution < 1.29 is 19.1 Å². The van der Waals surface area contributed by atoms with Crippen LogP contribution in [0.15, 0.2) is 24.3 Å². The molecule has 110 valence electrons. The van der Waals surface area contributed by atoms with Crippen LogP contribution in [0.2, 0.25) is 0 Å². The van der Waals surface area contributed by atoms with Crippen LogP contribution >= 0.6 is 12.4 Å². The number of methoxy groups -OCH3 is 1. The van der Waals surface area contributed by atoms with E-state index in [0.29, 0.717) is 11.3 Å². The van der Waals surface area contributed by atoms with Gasteiger partial charge in [0, 0.05) is 5.69 Å². The lowest BCUT2D eigenvalue weighted by Crippen LogP contribution is -2.38. The summed E-state index contributed by atoms with van der Waals surface area (Å²) in [6, 6.07) is 5.06. The highest BCUT2D eigenvalue weighted by atomic mass is 35.5. The number of hydrogen-bond donors (Lipinski definition) is 3. The summed E-state index contributed by atoms with van der Waals surface area (Å²) in [5.41, 5.74) is 11.2. The number of esters is 1. The quantitative estimate of drug-likeness (QED) is 0.662. The molecule has 1 aromatic rings. The number of primary amides is 1. The lowest BCUT2D eigenvalue weighted by atomic mass is 10.1. The summed E-state index contributed by atoms with van der Waals surface area (Å²) in [5, 5.41) is 2.51. The molecule has 0 fully saturated rings. The van der Waals surface area contributed by atoms with Gasteiger partial charge in [0.25, 0.3) is 0 Å². The Balaban J connectivity index is 0.00000361. The Labute approximate surface area is 122 Å². The van der Waals surface area contributed by atoms with E-state index in [9.17, 15) is 14.4 Å². The van der Waals surface area contributed by atoms with Crippen molar-refractivity contribution in [3.05, 3.63) is 29.8 Å². The van der Waals surface area contributed by atoms with Crippen LogP contribution < -0.4 is 16.8 Å². The molecule has 0 aliphatic rings. The molecular formula is C12H16ClN3O4. The molecule has 0 aliphatic carbocycles. The van der Waals surface area contributed by atoms with E-state index in [0.717, 1.165) is 0 Å². The normalized spacial score (nSPS) is 10.9. The van der Waals surface area contributed by atoms with Crippen LogP contribution in [0.4, 0.5) is 5.69 Å². The number of halogens is 1. The summed E-state index contributed by atoms with van der Waals surface area (Å²) >= 11 is 0. The van der Waals surface area contributed by atoms with Crippen molar-refractivity contribution in [2.45, 2.75) is 12.5 Å². The minimum absolute atomic E-state index is 0. The van der Waals surface area contributed by atoms with Gasteiger partial charge in [-0.1, -0.05) is 0 Å². The second-order valence-electron chi connectivity index (χ2n) is 3.84. The molecular weight excluding hydrogens is 286 g/mol. The number of anilines is 1. The molecule has 0 saturated carbocycles. The van der Waals surface area contributed by atoms with Gasteiger partial charge in [-0.2, -0.15) is 0 Å². The van der Waals surface area contributed by atoms with Gasteiger partial charge in [-0.05, 0) is 24.3 Å². The standard InChI is InChI=1S/C12H15N3O4.ClH/c1-19-12(18)7-2-4-8(5-3-7)15-11(17)9(13)6-10(14)16;/h2-5,9H,6,13H2,1H3,(H2,14,16)(H,15,17);1H. The molecule has 7 nitrogen and oxygen atoms in total. The molecule has 0 aromatic heterocycles. The minimum atomic E-state index is -1.00. The molecule has 2 amide bonds. The largest absolute Gasteiger partial charge is 0.465 e. The zero-order chi connectivity index (χ0) is 14.4. The van der Waals surface area contributed by atoms with Gasteiger partial charge >= 0.3 is 5.97 Å². The molecule has 0 radical (unpaired) electrons. The summed E-state index contributed by atoms with van der Waals surface area (Å²) in [6.07, 6.45) is -0.230. The minimum Gasteiger partial charge on any atom is -0.465 e. The van der Waals surface area contributed by atoms with Crippen LogP contribution in [0, 0.1) is 0 Å². The first-order chi connectivity index (χ1) is 8.93. The highest BCUT2D eigenvalue weighted by Gasteiger charge is 2.16. The second-order valence-corrected chi connectivity index (χ2v) is 3.84. The monoisotopic (exact) mass is 301 g/mol. The van der Waals surface area contributed by atoms with Crippen LogP contribution in [-0.4, -0.2) is 30.9 Å². The summed E-state index contributed by atoms with van der Waals surface area (Å²) in [5.74, 6) is -1.64. The van der Waals surface area contributed by atoms with Gasteiger partial charge in [-0.3, -0.25) is 9.59 Å². The summed E-state index contributed by atoms with van der Waals surface area (Å²) in [4.78, 5) is 33.4. The van der Waals surface area contributed by atoms with Gasteiger partial charge in [0.1, 0.15) is 0 Å². The van der Waals surface area contributed by atoms with Gasteiger partial charge < -0.3 is 21.5 Å². The molecule has 0 heterocycles. The number of ether oxygens (including phenoxy) is 1. The van der Waals surface area contributed by atoms with E-state index >= 15 is 0 Å².